The standard InChI is InChI=1S/C16H24N2O5S/c1-20-12-7-11(8-13(21-2)14(12)22-3)18-15(19)17-9-16(23-4)5-6-24-10-16/h7-8H,5-6,9-10H2,1-4H3,(H2,17,18,19). The summed E-state index contributed by atoms with van der Waals surface area (Å²) < 4.78 is 21.4. The van der Waals surface area contributed by atoms with E-state index in [1.54, 1.807) is 19.2 Å². The van der Waals surface area contributed by atoms with Gasteiger partial charge in [-0.15, -0.1) is 0 Å². The van der Waals surface area contributed by atoms with Gasteiger partial charge in [0.05, 0.1) is 32.6 Å². The molecule has 0 radical (unpaired) electrons. The number of urea groups is 1. The van der Waals surface area contributed by atoms with Crippen LogP contribution in [-0.2, 0) is 4.74 Å². The van der Waals surface area contributed by atoms with Gasteiger partial charge < -0.3 is 29.6 Å². The number of thioether (sulfide) groups is 1. The SMILES string of the molecule is COc1cc(NC(=O)NCC2(OC)CCSC2)cc(OC)c1OC. The van der Waals surface area contributed by atoms with Crippen LogP contribution in [0.5, 0.6) is 17.2 Å². The van der Waals surface area contributed by atoms with Crippen molar-refractivity contribution in [3.8, 4) is 17.2 Å². The molecule has 1 aromatic carbocycles. The first-order chi connectivity index (χ1) is 11.6. The van der Waals surface area contributed by atoms with Gasteiger partial charge in [-0.3, -0.25) is 0 Å². The zero-order valence-corrected chi connectivity index (χ0v) is 15.2. The Labute approximate surface area is 146 Å². The highest BCUT2D eigenvalue weighted by Gasteiger charge is 2.34. The Morgan fingerprint density at radius 2 is 1.83 bits per heavy atom. The summed E-state index contributed by atoms with van der Waals surface area (Å²) >= 11 is 1.83. The maximum Gasteiger partial charge on any atom is 0.319 e. The summed E-state index contributed by atoms with van der Waals surface area (Å²) in [4.78, 5) is 12.2. The minimum atomic E-state index is -0.308. The number of carbonyl (C=O) groups is 1. The van der Waals surface area contributed by atoms with Crippen LogP contribution < -0.4 is 24.8 Å². The third-order valence-corrected chi connectivity index (χ3v) is 5.22. The van der Waals surface area contributed by atoms with Crippen molar-refractivity contribution in [1.82, 2.24) is 5.32 Å². The number of hydrogen-bond donors (Lipinski definition) is 2. The van der Waals surface area contributed by atoms with E-state index in [1.807, 2.05) is 11.8 Å². The Balaban J connectivity index is 2.03. The first-order valence-corrected chi connectivity index (χ1v) is 8.70. The molecule has 1 saturated heterocycles. The quantitative estimate of drug-likeness (QED) is 0.781. The minimum absolute atomic E-state index is 0.280. The van der Waals surface area contributed by atoms with Crippen LogP contribution in [0.3, 0.4) is 0 Å². The maximum absolute atomic E-state index is 12.2. The Kier molecular flexibility index (Phi) is 6.44. The number of amides is 2. The lowest BCUT2D eigenvalue weighted by Crippen LogP contribution is -2.45. The molecule has 1 unspecified atom stereocenters. The molecule has 1 fully saturated rings. The van der Waals surface area contributed by atoms with Crippen molar-refractivity contribution in [1.29, 1.82) is 0 Å². The molecule has 2 amide bonds. The topological polar surface area (TPSA) is 78.1 Å². The molecule has 134 valence electrons. The lowest BCUT2D eigenvalue weighted by Gasteiger charge is -2.26. The molecule has 1 aliphatic rings. The van der Waals surface area contributed by atoms with Gasteiger partial charge in [-0.05, 0) is 12.2 Å². The average molecular weight is 356 g/mol. The van der Waals surface area contributed by atoms with E-state index in [1.165, 1.54) is 21.3 Å². The predicted molar refractivity (Wildman–Crippen MR) is 94.8 cm³/mol. The first kappa shape index (κ1) is 18.5. The molecule has 1 aromatic rings. The number of ether oxygens (including phenoxy) is 4. The van der Waals surface area contributed by atoms with E-state index in [9.17, 15) is 4.79 Å². The van der Waals surface area contributed by atoms with Crippen molar-refractivity contribution in [2.45, 2.75) is 12.0 Å². The Morgan fingerprint density at radius 3 is 2.29 bits per heavy atom. The molecule has 8 heteroatoms. The zero-order valence-electron chi connectivity index (χ0n) is 14.4. The fraction of sp³-hybridized carbons (Fsp3) is 0.562. The van der Waals surface area contributed by atoms with E-state index in [0.717, 1.165) is 17.9 Å². The third kappa shape index (κ3) is 4.18. The summed E-state index contributed by atoms with van der Waals surface area (Å²) in [6.07, 6.45) is 0.929. The van der Waals surface area contributed by atoms with Gasteiger partial charge in [-0.2, -0.15) is 11.8 Å². The van der Waals surface area contributed by atoms with Crippen LogP contribution in [0.25, 0.3) is 0 Å². The number of nitrogens with one attached hydrogen (secondary N) is 2. The molecule has 0 saturated carbocycles. The van der Waals surface area contributed by atoms with Crippen molar-refractivity contribution in [2.24, 2.45) is 0 Å². The van der Waals surface area contributed by atoms with E-state index >= 15 is 0 Å². The fourth-order valence-electron chi connectivity index (χ4n) is 2.53. The van der Waals surface area contributed by atoms with Gasteiger partial charge in [0.1, 0.15) is 0 Å². The van der Waals surface area contributed by atoms with Crippen LogP contribution in [-0.4, -0.2) is 58.1 Å². The Bertz CT molecular complexity index is 551. The summed E-state index contributed by atoms with van der Waals surface area (Å²) in [6, 6.07) is 3.05. The van der Waals surface area contributed by atoms with Gasteiger partial charge in [0, 0.05) is 31.5 Å². The molecule has 1 heterocycles. The lowest BCUT2D eigenvalue weighted by molar-refractivity contribution is 0.0161. The molecule has 0 aliphatic carbocycles. The molecule has 1 aliphatic heterocycles. The van der Waals surface area contributed by atoms with Crippen LogP contribution in [0.2, 0.25) is 0 Å². The maximum atomic E-state index is 12.2. The smallest absolute Gasteiger partial charge is 0.319 e. The Morgan fingerprint density at radius 1 is 1.17 bits per heavy atom. The van der Waals surface area contributed by atoms with Crippen molar-refractivity contribution >= 4 is 23.5 Å². The van der Waals surface area contributed by atoms with E-state index < -0.39 is 0 Å². The lowest BCUT2D eigenvalue weighted by atomic mass is 10.0. The van der Waals surface area contributed by atoms with Crippen LogP contribution in [0.4, 0.5) is 10.5 Å². The number of benzene rings is 1. The molecule has 0 bridgehead atoms. The second-order valence-electron chi connectivity index (χ2n) is 5.41. The first-order valence-electron chi connectivity index (χ1n) is 7.55. The predicted octanol–water partition coefficient (Wildman–Crippen LogP) is 2.36. The van der Waals surface area contributed by atoms with Crippen LogP contribution in [0, 0.1) is 0 Å². The second kappa shape index (κ2) is 8.34. The van der Waals surface area contributed by atoms with Gasteiger partial charge >= 0.3 is 6.03 Å². The van der Waals surface area contributed by atoms with E-state index in [4.69, 9.17) is 18.9 Å². The number of carbonyl (C=O) groups excluding carboxylic acids is 1. The third-order valence-electron chi connectivity index (χ3n) is 3.99. The minimum Gasteiger partial charge on any atom is -0.493 e. The normalized spacial score (nSPS) is 19.7. The average Bonchev–Trinajstić information content (AvgIpc) is 3.08. The molecule has 0 aromatic heterocycles. The van der Waals surface area contributed by atoms with E-state index in [2.05, 4.69) is 10.6 Å². The zero-order chi connectivity index (χ0) is 17.6. The van der Waals surface area contributed by atoms with Crippen molar-refractivity contribution in [2.75, 3.05) is 51.8 Å². The number of anilines is 1. The van der Waals surface area contributed by atoms with Crippen molar-refractivity contribution < 1.29 is 23.7 Å². The summed E-state index contributed by atoms with van der Waals surface area (Å²) in [5.74, 6) is 3.37. The fourth-order valence-corrected chi connectivity index (χ4v) is 3.93. The summed E-state index contributed by atoms with van der Waals surface area (Å²) in [5, 5.41) is 5.65. The molecule has 7 nitrogen and oxygen atoms in total. The molecule has 2 rings (SSSR count). The van der Waals surface area contributed by atoms with E-state index in [0.29, 0.717) is 29.5 Å². The Hall–Kier alpha value is -1.80. The molecular formula is C16H24N2O5S. The monoisotopic (exact) mass is 356 g/mol. The molecule has 2 N–H and O–H groups in total. The summed E-state index contributed by atoms with van der Waals surface area (Å²) in [5.41, 5.74) is 0.270. The van der Waals surface area contributed by atoms with Gasteiger partial charge in [-0.1, -0.05) is 0 Å². The molecule has 1 atom stereocenters. The van der Waals surface area contributed by atoms with Crippen molar-refractivity contribution in [3.63, 3.8) is 0 Å². The van der Waals surface area contributed by atoms with Crippen molar-refractivity contribution in [3.05, 3.63) is 12.1 Å². The second-order valence-corrected chi connectivity index (χ2v) is 6.52. The van der Waals surface area contributed by atoms with Gasteiger partial charge in [0.2, 0.25) is 5.75 Å². The van der Waals surface area contributed by atoms with Gasteiger partial charge in [-0.25, -0.2) is 4.79 Å². The number of methoxy groups -OCH3 is 4. The summed E-state index contributed by atoms with van der Waals surface area (Å²) in [6.45, 7) is 0.465. The van der Waals surface area contributed by atoms with E-state index in [-0.39, 0.29) is 11.6 Å². The van der Waals surface area contributed by atoms with Crippen LogP contribution in [0.1, 0.15) is 6.42 Å². The van der Waals surface area contributed by atoms with Crippen LogP contribution >= 0.6 is 11.8 Å². The highest BCUT2D eigenvalue weighted by molar-refractivity contribution is 7.99. The molecule has 24 heavy (non-hydrogen) atoms. The molecular weight excluding hydrogens is 332 g/mol. The van der Waals surface area contributed by atoms with Crippen LogP contribution in [0.15, 0.2) is 12.1 Å². The van der Waals surface area contributed by atoms with Gasteiger partial charge in [0.25, 0.3) is 0 Å². The van der Waals surface area contributed by atoms with Gasteiger partial charge in [0.15, 0.2) is 11.5 Å². The summed E-state index contributed by atoms with van der Waals surface area (Å²) in [7, 11) is 6.27. The number of hydrogen-bond acceptors (Lipinski definition) is 6. The largest absolute Gasteiger partial charge is 0.493 e. The number of rotatable bonds is 7. The highest BCUT2D eigenvalue weighted by Crippen LogP contribution is 2.39. The molecule has 0 spiro atoms. The highest BCUT2D eigenvalue weighted by atomic mass is 32.2.